The molecular weight excluding hydrogens is 308 g/mol. The van der Waals surface area contributed by atoms with Crippen molar-refractivity contribution in [3.05, 3.63) is 51.4 Å². The highest BCUT2D eigenvalue weighted by atomic mass is 32.1. The van der Waals surface area contributed by atoms with Gasteiger partial charge in [-0.2, -0.15) is 0 Å². The number of aryl methyl sites for hydroxylation is 2. The maximum atomic E-state index is 12.9. The van der Waals surface area contributed by atoms with E-state index in [-0.39, 0.29) is 11.3 Å². The lowest BCUT2D eigenvalue weighted by molar-refractivity contribution is -0.119. The molecule has 0 bridgehead atoms. The van der Waals surface area contributed by atoms with E-state index in [1.165, 1.54) is 34.7 Å². The molecule has 3 aromatic rings. The zero-order valence-electron chi connectivity index (χ0n) is 13.6. The lowest BCUT2D eigenvalue weighted by Gasteiger charge is -2.11. The number of benzene rings is 1. The predicted molar refractivity (Wildman–Crippen MR) is 94.2 cm³/mol. The molecule has 4 nitrogen and oxygen atoms in total. The smallest absolute Gasteiger partial charge is 0.263 e. The number of hydrogen-bond acceptors (Lipinski definition) is 4. The van der Waals surface area contributed by atoms with Gasteiger partial charge < -0.3 is 0 Å². The fourth-order valence-corrected chi connectivity index (χ4v) is 3.66. The van der Waals surface area contributed by atoms with Gasteiger partial charge in [-0.05, 0) is 33.3 Å². The van der Waals surface area contributed by atoms with Crippen molar-refractivity contribution < 1.29 is 4.79 Å². The average Bonchev–Trinajstić information content (AvgIpc) is 2.85. The second-order valence-electron chi connectivity index (χ2n) is 5.82. The zero-order chi connectivity index (χ0) is 16.7. The van der Waals surface area contributed by atoms with Gasteiger partial charge in [0.1, 0.15) is 4.83 Å². The quantitative estimate of drug-likeness (QED) is 0.733. The van der Waals surface area contributed by atoms with E-state index < -0.39 is 6.04 Å². The first-order chi connectivity index (χ1) is 10.9. The van der Waals surface area contributed by atoms with Crippen LogP contribution in [-0.2, 0) is 4.79 Å². The van der Waals surface area contributed by atoms with Gasteiger partial charge in [-0.1, -0.05) is 29.8 Å². The van der Waals surface area contributed by atoms with Crippen LogP contribution in [0.1, 0.15) is 30.3 Å². The number of carbonyl (C=O) groups is 1. The summed E-state index contributed by atoms with van der Waals surface area (Å²) in [6.07, 6.45) is 1.48. The van der Waals surface area contributed by atoms with Gasteiger partial charge in [-0.3, -0.25) is 14.2 Å². The van der Waals surface area contributed by atoms with E-state index >= 15 is 0 Å². The monoisotopic (exact) mass is 326 g/mol. The number of nitrogens with zero attached hydrogens (tertiary/aromatic N) is 2. The lowest BCUT2D eigenvalue weighted by Crippen LogP contribution is -2.27. The Labute approximate surface area is 138 Å². The Kier molecular flexibility index (Phi) is 3.90. The van der Waals surface area contributed by atoms with Crippen LogP contribution in [0.4, 0.5) is 0 Å². The molecule has 1 atom stereocenters. The van der Waals surface area contributed by atoms with Crippen LogP contribution in [0.2, 0.25) is 0 Å². The Morgan fingerprint density at radius 1 is 1.22 bits per heavy atom. The van der Waals surface area contributed by atoms with E-state index in [9.17, 15) is 9.59 Å². The summed E-state index contributed by atoms with van der Waals surface area (Å²) in [5.74, 6) is -0.0583. The van der Waals surface area contributed by atoms with Gasteiger partial charge in [0, 0.05) is 10.4 Å². The molecule has 1 aromatic carbocycles. The summed E-state index contributed by atoms with van der Waals surface area (Å²) in [6, 6.07) is 7.60. The third-order valence-electron chi connectivity index (χ3n) is 4.16. The summed E-state index contributed by atoms with van der Waals surface area (Å²) < 4.78 is 1.43. The van der Waals surface area contributed by atoms with Crippen LogP contribution in [0, 0.1) is 13.8 Å². The number of thiophene rings is 1. The topological polar surface area (TPSA) is 52.0 Å². The van der Waals surface area contributed by atoms with E-state index in [4.69, 9.17) is 0 Å². The summed E-state index contributed by atoms with van der Waals surface area (Å²) in [7, 11) is 0. The van der Waals surface area contributed by atoms with E-state index in [2.05, 4.69) is 4.98 Å². The van der Waals surface area contributed by atoms with Crippen LogP contribution in [-0.4, -0.2) is 15.3 Å². The molecule has 0 saturated carbocycles. The number of fused-ring (bicyclic) bond motifs is 1. The molecule has 0 amide bonds. The van der Waals surface area contributed by atoms with Gasteiger partial charge in [0.2, 0.25) is 0 Å². The van der Waals surface area contributed by atoms with Gasteiger partial charge in [-0.25, -0.2) is 4.98 Å². The van der Waals surface area contributed by atoms with Gasteiger partial charge in [0.25, 0.3) is 5.56 Å². The van der Waals surface area contributed by atoms with Crippen molar-refractivity contribution in [2.24, 2.45) is 0 Å². The molecule has 3 rings (SSSR count). The van der Waals surface area contributed by atoms with Crippen LogP contribution in [0.15, 0.2) is 35.4 Å². The third kappa shape index (κ3) is 2.61. The third-order valence-corrected chi connectivity index (χ3v) is 5.17. The summed E-state index contributed by atoms with van der Waals surface area (Å²) in [6.45, 7) is 7.24. The first-order valence-electron chi connectivity index (χ1n) is 7.48. The molecule has 0 aliphatic carbocycles. The standard InChI is InChI=1S/C18H18N2O2S/c1-10-5-7-14(8-6-10)15-13(4)23-17-16(15)18(22)20(9-19-17)11(2)12(3)21/h5-9,11H,1-4H3. The van der Waals surface area contributed by atoms with Crippen molar-refractivity contribution in [3.63, 3.8) is 0 Å². The van der Waals surface area contributed by atoms with Crippen molar-refractivity contribution in [3.8, 4) is 11.1 Å². The molecule has 5 heteroatoms. The van der Waals surface area contributed by atoms with Crippen LogP contribution >= 0.6 is 11.3 Å². The Balaban J connectivity index is 2.32. The largest absolute Gasteiger partial charge is 0.298 e. The molecular formula is C18H18N2O2S. The van der Waals surface area contributed by atoms with Gasteiger partial charge in [0.15, 0.2) is 5.78 Å². The second-order valence-corrected chi connectivity index (χ2v) is 7.03. The minimum atomic E-state index is -0.509. The predicted octanol–water partition coefficient (Wildman–Crippen LogP) is 3.89. The second kappa shape index (κ2) is 5.74. The van der Waals surface area contributed by atoms with Gasteiger partial charge in [-0.15, -0.1) is 11.3 Å². The number of aromatic nitrogens is 2. The first-order valence-corrected chi connectivity index (χ1v) is 8.29. The van der Waals surface area contributed by atoms with Crippen LogP contribution < -0.4 is 5.56 Å². The highest BCUT2D eigenvalue weighted by Gasteiger charge is 2.19. The van der Waals surface area contributed by atoms with Crippen LogP contribution in [0.3, 0.4) is 0 Å². The maximum absolute atomic E-state index is 12.9. The minimum Gasteiger partial charge on any atom is -0.298 e. The normalized spacial score (nSPS) is 12.5. The van der Waals surface area contributed by atoms with E-state index in [1.54, 1.807) is 6.92 Å². The number of Topliss-reactive ketones (excluding diaryl/α,β-unsaturated/α-hetero) is 1. The van der Waals surface area contributed by atoms with Crippen molar-refractivity contribution in [1.82, 2.24) is 9.55 Å². The summed E-state index contributed by atoms with van der Waals surface area (Å²) in [5.41, 5.74) is 2.95. The minimum absolute atomic E-state index is 0.0583. The number of carbonyl (C=O) groups excluding carboxylic acids is 1. The average molecular weight is 326 g/mol. The fourth-order valence-electron chi connectivity index (χ4n) is 2.66. The van der Waals surface area contributed by atoms with Crippen molar-refractivity contribution in [2.75, 3.05) is 0 Å². The SMILES string of the molecule is CC(=O)C(C)n1cnc2sc(C)c(-c3ccc(C)cc3)c2c1=O. The molecule has 0 radical (unpaired) electrons. The Morgan fingerprint density at radius 2 is 1.87 bits per heavy atom. The Hall–Kier alpha value is -2.27. The van der Waals surface area contributed by atoms with Crippen molar-refractivity contribution >= 4 is 27.3 Å². The number of ketones is 1. The zero-order valence-corrected chi connectivity index (χ0v) is 14.4. The Bertz CT molecular complexity index is 952. The molecule has 118 valence electrons. The van der Waals surface area contributed by atoms with Crippen molar-refractivity contribution in [1.29, 1.82) is 0 Å². The first kappa shape index (κ1) is 15.6. The maximum Gasteiger partial charge on any atom is 0.263 e. The summed E-state index contributed by atoms with van der Waals surface area (Å²) >= 11 is 1.51. The highest BCUT2D eigenvalue weighted by molar-refractivity contribution is 7.19. The molecule has 1 unspecified atom stereocenters. The molecule has 0 spiro atoms. The molecule has 0 aliphatic heterocycles. The molecule has 23 heavy (non-hydrogen) atoms. The highest BCUT2D eigenvalue weighted by Crippen LogP contribution is 2.35. The summed E-state index contributed by atoms with van der Waals surface area (Å²) in [5, 5.41) is 0.604. The molecule has 0 aliphatic rings. The van der Waals surface area contributed by atoms with Gasteiger partial charge >= 0.3 is 0 Å². The van der Waals surface area contributed by atoms with E-state index in [1.807, 2.05) is 38.1 Å². The molecule has 2 heterocycles. The van der Waals surface area contributed by atoms with E-state index in [0.717, 1.165) is 20.8 Å². The Morgan fingerprint density at radius 3 is 2.48 bits per heavy atom. The summed E-state index contributed by atoms with van der Waals surface area (Å²) in [4.78, 5) is 30.7. The molecule has 2 aromatic heterocycles. The molecule has 0 fully saturated rings. The van der Waals surface area contributed by atoms with Crippen molar-refractivity contribution in [2.45, 2.75) is 33.7 Å². The van der Waals surface area contributed by atoms with Crippen LogP contribution in [0.5, 0.6) is 0 Å². The fraction of sp³-hybridized carbons (Fsp3) is 0.278. The molecule has 0 N–H and O–H groups in total. The van der Waals surface area contributed by atoms with E-state index in [0.29, 0.717) is 5.39 Å². The molecule has 0 saturated heterocycles. The van der Waals surface area contributed by atoms with Crippen LogP contribution in [0.25, 0.3) is 21.3 Å². The number of hydrogen-bond donors (Lipinski definition) is 0. The lowest BCUT2D eigenvalue weighted by atomic mass is 10.0. The number of rotatable bonds is 3. The van der Waals surface area contributed by atoms with Gasteiger partial charge in [0.05, 0.1) is 17.8 Å².